The van der Waals surface area contributed by atoms with Crippen molar-refractivity contribution in [3.63, 3.8) is 0 Å². The van der Waals surface area contributed by atoms with Crippen LogP contribution in [0.15, 0.2) is 24.3 Å². The Balaban J connectivity index is 1.97. The van der Waals surface area contributed by atoms with Crippen LogP contribution in [0, 0.1) is 13.8 Å². The fraction of sp³-hybridized carbons (Fsp3) is 0.444. The number of ether oxygens (including phenoxy) is 1. The molecule has 1 amide bonds. The minimum atomic E-state index is -0.0504. The fourth-order valence-corrected chi connectivity index (χ4v) is 2.66. The van der Waals surface area contributed by atoms with Gasteiger partial charge >= 0.3 is 0 Å². The van der Waals surface area contributed by atoms with E-state index in [1.165, 1.54) is 0 Å². The summed E-state index contributed by atoms with van der Waals surface area (Å²) in [5.74, 6) is 0.816. The van der Waals surface area contributed by atoms with Crippen LogP contribution in [0.5, 0.6) is 5.75 Å². The number of hydrogen-bond donors (Lipinski definition) is 1. The Bertz CT molecular complexity index is 709. The van der Waals surface area contributed by atoms with E-state index in [1.54, 1.807) is 4.68 Å². The van der Waals surface area contributed by atoms with Crippen LogP contribution in [0.4, 0.5) is 5.69 Å². The Morgan fingerprint density at radius 3 is 2.67 bits per heavy atom. The lowest BCUT2D eigenvalue weighted by Gasteiger charge is -2.18. The average molecular weight is 330 g/mol. The molecule has 1 aromatic carbocycles. The molecule has 0 saturated heterocycles. The number of rotatable bonds is 7. The highest BCUT2D eigenvalue weighted by molar-refractivity contribution is 5.93. The number of nitrogens with one attached hydrogen (secondary N) is 1. The Kier molecular flexibility index (Phi) is 5.98. The quantitative estimate of drug-likeness (QED) is 0.847. The zero-order valence-corrected chi connectivity index (χ0v) is 15.1. The first-order chi connectivity index (χ1) is 11.4. The average Bonchev–Trinajstić information content (AvgIpc) is 2.76. The second-order valence-electron chi connectivity index (χ2n) is 5.93. The van der Waals surface area contributed by atoms with Crippen molar-refractivity contribution < 1.29 is 9.53 Å². The monoisotopic (exact) mass is 330 g/mol. The molecule has 0 aliphatic rings. The van der Waals surface area contributed by atoms with Crippen LogP contribution in [0.1, 0.15) is 23.9 Å². The number of carbonyl (C=O) groups excluding carboxylic acids is 1. The van der Waals surface area contributed by atoms with Gasteiger partial charge < -0.3 is 10.1 Å². The second-order valence-corrected chi connectivity index (χ2v) is 5.93. The zero-order valence-electron chi connectivity index (χ0n) is 15.1. The maximum Gasteiger partial charge on any atom is 0.238 e. The SMILES string of the molecule is CCOc1ccccc1CN(C)CC(=O)Nc1c(C)nn(C)c1C. The van der Waals surface area contributed by atoms with Gasteiger partial charge in [-0.15, -0.1) is 0 Å². The van der Waals surface area contributed by atoms with E-state index >= 15 is 0 Å². The van der Waals surface area contributed by atoms with Crippen LogP contribution in [0.2, 0.25) is 0 Å². The van der Waals surface area contributed by atoms with Gasteiger partial charge in [-0.1, -0.05) is 18.2 Å². The molecule has 130 valence electrons. The van der Waals surface area contributed by atoms with Crippen LogP contribution < -0.4 is 10.1 Å². The molecule has 24 heavy (non-hydrogen) atoms. The van der Waals surface area contributed by atoms with E-state index in [9.17, 15) is 4.79 Å². The summed E-state index contributed by atoms with van der Waals surface area (Å²) in [6, 6.07) is 7.91. The molecular weight excluding hydrogens is 304 g/mol. The lowest BCUT2D eigenvalue weighted by atomic mass is 10.2. The Hall–Kier alpha value is -2.34. The van der Waals surface area contributed by atoms with Gasteiger partial charge in [0.15, 0.2) is 0 Å². The van der Waals surface area contributed by atoms with Crippen molar-refractivity contribution in [3.8, 4) is 5.75 Å². The predicted molar refractivity (Wildman–Crippen MR) is 95.3 cm³/mol. The second kappa shape index (κ2) is 7.97. The van der Waals surface area contributed by atoms with Crippen LogP contribution in [-0.4, -0.2) is 40.8 Å². The van der Waals surface area contributed by atoms with Gasteiger partial charge in [-0.2, -0.15) is 5.10 Å². The highest BCUT2D eigenvalue weighted by Gasteiger charge is 2.14. The van der Waals surface area contributed by atoms with Gasteiger partial charge in [-0.25, -0.2) is 0 Å². The highest BCUT2D eigenvalue weighted by Crippen LogP contribution is 2.20. The molecule has 0 aliphatic heterocycles. The number of nitrogens with zero attached hydrogens (tertiary/aromatic N) is 3. The molecule has 0 fully saturated rings. The van der Waals surface area contributed by atoms with E-state index in [1.807, 2.05) is 64.0 Å². The van der Waals surface area contributed by atoms with Crippen molar-refractivity contribution in [2.24, 2.45) is 7.05 Å². The van der Waals surface area contributed by atoms with Gasteiger partial charge in [-0.3, -0.25) is 14.4 Å². The van der Waals surface area contributed by atoms with Crippen molar-refractivity contribution in [2.45, 2.75) is 27.3 Å². The number of anilines is 1. The summed E-state index contributed by atoms with van der Waals surface area (Å²) in [5.41, 5.74) is 3.65. The molecule has 1 N–H and O–H groups in total. The number of aromatic nitrogens is 2. The van der Waals surface area contributed by atoms with E-state index in [2.05, 4.69) is 10.4 Å². The molecule has 6 heteroatoms. The van der Waals surface area contributed by atoms with Crippen molar-refractivity contribution in [1.82, 2.24) is 14.7 Å². The van der Waals surface area contributed by atoms with Gasteiger partial charge in [-0.05, 0) is 33.9 Å². The standard InChI is InChI=1S/C18H26N4O2/c1-6-24-16-10-8-7-9-15(16)11-21(4)12-17(23)19-18-13(2)20-22(5)14(18)3/h7-10H,6,11-12H2,1-5H3,(H,19,23). The molecule has 1 heterocycles. The van der Waals surface area contributed by atoms with Gasteiger partial charge in [0.05, 0.1) is 30.2 Å². The Morgan fingerprint density at radius 1 is 1.33 bits per heavy atom. The molecule has 0 radical (unpaired) electrons. The molecule has 0 saturated carbocycles. The lowest BCUT2D eigenvalue weighted by molar-refractivity contribution is -0.117. The van der Waals surface area contributed by atoms with E-state index in [-0.39, 0.29) is 5.91 Å². The third-order valence-electron chi connectivity index (χ3n) is 3.90. The van der Waals surface area contributed by atoms with Crippen LogP contribution in [-0.2, 0) is 18.4 Å². The van der Waals surface area contributed by atoms with Crippen LogP contribution in [0.25, 0.3) is 0 Å². The number of benzene rings is 1. The predicted octanol–water partition coefficient (Wildman–Crippen LogP) is 2.51. The maximum atomic E-state index is 12.3. The van der Waals surface area contributed by atoms with Crippen molar-refractivity contribution in [2.75, 3.05) is 25.5 Å². The van der Waals surface area contributed by atoms with Crippen molar-refractivity contribution in [3.05, 3.63) is 41.2 Å². The molecule has 0 spiro atoms. The van der Waals surface area contributed by atoms with E-state index < -0.39 is 0 Å². The third kappa shape index (κ3) is 4.35. The lowest BCUT2D eigenvalue weighted by Crippen LogP contribution is -2.30. The molecule has 6 nitrogen and oxygen atoms in total. The van der Waals surface area contributed by atoms with E-state index in [0.717, 1.165) is 28.4 Å². The highest BCUT2D eigenvalue weighted by atomic mass is 16.5. The molecule has 0 atom stereocenters. The minimum Gasteiger partial charge on any atom is -0.494 e. The Labute approximate surface area is 143 Å². The summed E-state index contributed by atoms with van der Waals surface area (Å²) in [6.07, 6.45) is 0. The van der Waals surface area contributed by atoms with Gasteiger partial charge in [0, 0.05) is 19.2 Å². The summed E-state index contributed by atoms with van der Waals surface area (Å²) >= 11 is 0. The largest absolute Gasteiger partial charge is 0.494 e. The van der Waals surface area contributed by atoms with Crippen molar-refractivity contribution >= 4 is 11.6 Å². The molecule has 2 aromatic rings. The Morgan fingerprint density at radius 2 is 2.04 bits per heavy atom. The minimum absolute atomic E-state index is 0.0504. The first kappa shape index (κ1) is 18.0. The number of likely N-dealkylation sites (N-methyl/N-ethyl adjacent to an activating group) is 1. The summed E-state index contributed by atoms with van der Waals surface area (Å²) in [6.45, 7) is 7.37. The number of para-hydroxylation sites is 1. The molecule has 2 rings (SSSR count). The molecule has 0 bridgehead atoms. The summed E-state index contributed by atoms with van der Waals surface area (Å²) in [4.78, 5) is 14.3. The van der Waals surface area contributed by atoms with E-state index in [4.69, 9.17) is 4.74 Å². The third-order valence-corrected chi connectivity index (χ3v) is 3.90. The number of hydrogen-bond acceptors (Lipinski definition) is 4. The maximum absolute atomic E-state index is 12.3. The van der Waals surface area contributed by atoms with Crippen molar-refractivity contribution in [1.29, 1.82) is 0 Å². The number of carbonyl (C=O) groups is 1. The van der Waals surface area contributed by atoms with Gasteiger partial charge in [0.1, 0.15) is 5.75 Å². The van der Waals surface area contributed by atoms with E-state index in [0.29, 0.717) is 19.7 Å². The molecule has 1 aromatic heterocycles. The van der Waals surface area contributed by atoms with Gasteiger partial charge in [0.25, 0.3) is 0 Å². The smallest absolute Gasteiger partial charge is 0.238 e. The first-order valence-corrected chi connectivity index (χ1v) is 8.11. The zero-order chi connectivity index (χ0) is 17.7. The normalized spacial score (nSPS) is 10.9. The van der Waals surface area contributed by atoms with Gasteiger partial charge in [0.2, 0.25) is 5.91 Å². The number of aryl methyl sites for hydroxylation is 2. The molecule has 0 aliphatic carbocycles. The topological polar surface area (TPSA) is 59.4 Å². The molecule has 0 unspecified atom stereocenters. The summed E-state index contributed by atoms with van der Waals surface area (Å²) < 4.78 is 7.41. The number of amides is 1. The van der Waals surface area contributed by atoms with Crippen LogP contribution >= 0.6 is 0 Å². The summed E-state index contributed by atoms with van der Waals surface area (Å²) in [5, 5.41) is 7.28. The molecular formula is C18H26N4O2. The van der Waals surface area contributed by atoms with Crippen LogP contribution in [0.3, 0.4) is 0 Å². The first-order valence-electron chi connectivity index (χ1n) is 8.11. The fourth-order valence-electron chi connectivity index (χ4n) is 2.66. The summed E-state index contributed by atoms with van der Waals surface area (Å²) in [7, 11) is 3.79.